The zero-order valence-electron chi connectivity index (χ0n) is 10.6. The quantitative estimate of drug-likeness (QED) is 0.629. The number of phenols is 1. The van der Waals surface area contributed by atoms with Crippen molar-refractivity contribution in [2.45, 2.75) is 12.5 Å². The molecule has 0 radical (unpaired) electrons. The van der Waals surface area contributed by atoms with Crippen LogP contribution in [0.5, 0.6) is 5.75 Å². The molecule has 10 heteroatoms. The number of benzene rings is 1. The molecule has 2 rings (SSSR count). The zero-order valence-corrected chi connectivity index (χ0v) is 11.4. The molecule has 2 aromatic rings. The Hall–Kier alpha value is -2.75. The maximum absolute atomic E-state index is 11.7. The third-order valence-electron chi connectivity index (χ3n) is 2.50. The van der Waals surface area contributed by atoms with Gasteiger partial charge in [0.2, 0.25) is 5.13 Å². The average Bonchev–Trinajstić information content (AvgIpc) is 2.93. The Kier molecular flexibility index (Phi) is 4.61. The number of aliphatic carboxylic acids is 1. The van der Waals surface area contributed by atoms with E-state index >= 15 is 0 Å². The summed E-state index contributed by atoms with van der Waals surface area (Å²) in [5.41, 5.74) is 0.665. The van der Waals surface area contributed by atoms with E-state index in [-0.39, 0.29) is 17.3 Å². The van der Waals surface area contributed by atoms with Gasteiger partial charge in [-0.15, -0.1) is 0 Å². The van der Waals surface area contributed by atoms with Crippen molar-refractivity contribution in [1.82, 2.24) is 20.1 Å². The third kappa shape index (κ3) is 4.38. The SMILES string of the molecule is O=C(Nc1nnns1)N[C@H](Cc1ccc(O)cc1)C(=O)O. The normalized spacial score (nSPS) is 11.6. The number of hydrogen-bond acceptors (Lipinski definition) is 7. The van der Waals surface area contributed by atoms with Crippen LogP contribution in [0.2, 0.25) is 0 Å². The molecule has 1 aromatic carbocycles. The second-order valence-electron chi connectivity index (χ2n) is 4.03. The Morgan fingerprint density at radius 2 is 2.00 bits per heavy atom. The molecule has 0 aliphatic rings. The summed E-state index contributed by atoms with van der Waals surface area (Å²) in [4.78, 5) is 22.8. The highest BCUT2D eigenvalue weighted by Gasteiger charge is 2.21. The third-order valence-corrected chi connectivity index (χ3v) is 3.01. The summed E-state index contributed by atoms with van der Waals surface area (Å²) < 4.78 is 3.46. The van der Waals surface area contributed by atoms with Crippen molar-refractivity contribution in [2.75, 3.05) is 5.32 Å². The maximum Gasteiger partial charge on any atom is 0.326 e. The fraction of sp³-hybridized carbons (Fsp3) is 0.182. The number of carboxylic acids is 1. The second kappa shape index (κ2) is 6.61. The van der Waals surface area contributed by atoms with E-state index in [0.717, 1.165) is 11.5 Å². The van der Waals surface area contributed by atoms with Crippen LogP contribution < -0.4 is 10.6 Å². The van der Waals surface area contributed by atoms with E-state index < -0.39 is 18.0 Å². The number of aromatic hydroxyl groups is 1. The molecule has 0 aliphatic carbocycles. The van der Waals surface area contributed by atoms with Crippen LogP contribution in [0, 0.1) is 0 Å². The maximum atomic E-state index is 11.7. The highest BCUT2D eigenvalue weighted by Crippen LogP contribution is 2.11. The van der Waals surface area contributed by atoms with E-state index in [4.69, 9.17) is 5.11 Å². The lowest BCUT2D eigenvalue weighted by Crippen LogP contribution is -2.44. The molecule has 2 amide bonds. The highest BCUT2D eigenvalue weighted by molar-refractivity contribution is 7.09. The summed E-state index contributed by atoms with van der Waals surface area (Å²) in [6.45, 7) is 0. The van der Waals surface area contributed by atoms with Crippen molar-refractivity contribution < 1.29 is 19.8 Å². The molecule has 0 saturated carbocycles. The topological polar surface area (TPSA) is 137 Å². The Bertz CT molecular complexity index is 616. The number of amides is 2. The molecule has 110 valence electrons. The summed E-state index contributed by atoms with van der Waals surface area (Å²) in [5.74, 6) is -1.09. The summed E-state index contributed by atoms with van der Waals surface area (Å²) in [6, 6.07) is 4.23. The van der Waals surface area contributed by atoms with Crippen molar-refractivity contribution in [3.8, 4) is 5.75 Å². The Morgan fingerprint density at radius 3 is 2.57 bits per heavy atom. The van der Waals surface area contributed by atoms with Crippen molar-refractivity contribution >= 4 is 28.7 Å². The van der Waals surface area contributed by atoms with E-state index in [2.05, 4.69) is 25.4 Å². The smallest absolute Gasteiger partial charge is 0.326 e. The van der Waals surface area contributed by atoms with Crippen LogP contribution in [-0.4, -0.2) is 43.1 Å². The van der Waals surface area contributed by atoms with Gasteiger partial charge in [0.15, 0.2) is 0 Å². The minimum Gasteiger partial charge on any atom is -0.508 e. The van der Waals surface area contributed by atoms with E-state index in [1.807, 2.05) is 0 Å². The van der Waals surface area contributed by atoms with E-state index in [1.165, 1.54) is 12.1 Å². The standard InChI is InChI=1S/C11H11N5O4S/c17-7-3-1-6(2-4-7)5-8(9(18)19)12-10(20)13-11-14-15-16-21-11/h1-4,8,17H,5H2,(H,18,19)(H2,12,13,14,16,20)/t8-/m1/s1. The van der Waals surface area contributed by atoms with Gasteiger partial charge in [-0.3, -0.25) is 5.32 Å². The number of urea groups is 1. The molecule has 4 N–H and O–H groups in total. The Labute approximate surface area is 122 Å². The van der Waals surface area contributed by atoms with Gasteiger partial charge < -0.3 is 15.5 Å². The van der Waals surface area contributed by atoms with Gasteiger partial charge in [0.05, 0.1) is 0 Å². The first kappa shape index (κ1) is 14.7. The van der Waals surface area contributed by atoms with Gasteiger partial charge >= 0.3 is 12.0 Å². The van der Waals surface area contributed by atoms with E-state index in [1.54, 1.807) is 12.1 Å². The first-order valence-electron chi connectivity index (χ1n) is 5.78. The molecule has 0 fully saturated rings. The average molecular weight is 309 g/mol. The fourth-order valence-electron chi connectivity index (χ4n) is 1.54. The number of carboxylic acid groups (broad SMARTS) is 1. The van der Waals surface area contributed by atoms with E-state index in [0.29, 0.717) is 5.56 Å². The van der Waals surface area contributed by atoms with Crippen LogP contribution in [0.25, 0.3) is 0 Å². The molecule has 0 saturated heterocycles. The summed E-state index contributed by atoms with van der Waals surface area (Å²) in [7, 11) is 0. The lowest BCUT2D eigenvalue weighted by Gasteiger charge is -2.14. The number of rotatable bonds is 5. The number of hydrogen-bond donors (Lipinski definition) is 4. The van der Waals surface area contributed by atoms with Crippen LogP contribution >= 0.6 is 11.5 Å². The Balaban J connectivity index is 1.97. The van der Waals surface area contributed by atoms with Crippen LogP contribution in [0.1, 0.15) is 5.56 Å². The monoisotopic (exact) mass is 309 g/mol. The molecular formula is C11H11N5O4S. The number of nitrogens with zero attached hydrogens (tertiary/aromatic N) is 3. The van der Waals surface area contributed by atoms with Crippen molar-refractivity contribution in [1.29, 1.82) is 0 Å². The van der Waals surface area contributed by atoms with Gasteiger partial charge in [0.25, 0.3) is 0 Å². The van der Waals surface area contributed by atoms with Gasteiger partial charge in [-0.05, 0) is 22.9 Å². The zero-order chi connectivity index (χ0) is 15.2. The van der Waals surface area contributed by atoms with Crippen molar-refractivity contribution in [3.63, 3.8) is 0 Å². The van der Waals surface area contributed by atoms with Crippen LogP contribution in [0.15, 0.2) is 24.3 Å². The first-order chi connectivity index (χ1) is 10.0. The lowest BCUT2D eigenvalue weighted by atomic mass is 10.1. The minimum absolute atomic E-state index is 0.0808. The van der Waals surface area contributed by atoms with Gasteiger partial charge in [0, 0.05) is 18.0 Å². The van der Waals surface area contributed by atoms with Gasteiger partial charge in [-0.25, -0.2) is 9.59 Å². The molecule has 1 atom stereocenters. The molecule has 0 aliphatic heterocycles. The minimum atomic E-state index is -1.17. The molecule has 0 bridgehead atoms. The summed E-state index contributed by atoms with van der Waals surface area (Å²) in [5, 5.41) is 29.9. The predicted molar refractivity (Wildman–Crippen MR) is 73.1 cm³/mol. The number of anilines is 1. The van der Waals surface area contributed by atoms with Crippen molar-refractivity contribution in [3.05, 3.63) is 29.8 Å². The number of carbonyl (C=O) groups is 2. The lowest BCUT2D eigenvalue weighted by molar-refractivity contribution is -0.139. The highest BCUT2D eigenvalue weighted by atomic mass is 32.1. The number of nitrogens with one attached hydrogen (secondary N) is 2. The second-order valence-corrected chi connectivity index (χ2v) is 4.76. The van der Waals surface area contributed by atoms with Gasteiger partial charge in [-0.1, -0.05) is 21.7 Å². The Morgan fingerprint density at radius 1 is 1.29 bits per heavy atom. The van der Waals surface area contributed by atoms with Gasteiger partial charge in [-0.2, -0.15) is 0 Å². The van der Waals surface area contributed by atoms with Crippen LogP contribution in [0.3, 0.4) is 0 Å². The summed E-state index contributed by atoms with van der Waals surface area (Å²) in [6.07, 6.45) is 0.0808. The molecule has 9 nitrogen and oxygen atoms in total. The largest absolute Gasteiger partial charge is 0.508 e. The van der Waals surface area contributed by atoms with E-state index in [9.17, 15) is 14.7 Å². The predicted octanol–water partition coefficient (Wildman–Crippen LogP) is 0.456. The first-order valence-corrected chi connectivity index (χ1v) is 6.55. The summed E-state index contributed by atoms with van der Waals surface area (Å²) >= 11 is 0.873. The molecule has 1 heterocycles. The molecule has 21 heavy (non-hydrogen) atoms. The number of phenolic OH excluding ortho intramolecular Hbond substituents is 1. The molecular weight excluding hydrogens is 298 g/mol. The van der Waals surface area contributed by atoms with Gasteiger partial charge in [0.1, 0.15) is 11.8 Å². The molecule has 1 aromatic heterocycles. The molecule has 0 unspecified atom stereocenters. The molecule has 0 spiro atoms. The number of carbonyl (C=O) groups excluding carboxylic acids is 1. The number of aromatic nitrogens is 3. The van der Waals surface area contributed by atoms with Crippen LogP contribution in [0.4, 0.5) is 9.93 Å². The fourth-order valence-corrected chi connectivity index (χ4v) is 1.90. The van der Waals surface area contributed by atoms with Crippen LogP contribution in [-0.2, 0) is 11.2 Å². The van der Waals surface area contributed by atoms with Crippen molar-refractivity contribution in [2.24, 2.45) is 0 Å².